The molecular formula is C16H25N3O. The lowest BCUT2D eigenvalue weighted by molar-refractivity contribution is 0.255. The maximum Gasteiger partial charge on any atom is 0.246 e. The van der Waals surface area contributed by atoms with Gasteiger partial charge >= 0.3 is 0 Å². The van der Waals surface area contributed by atoms with Gasteiger partial charge in [0.1, 0.15) is 0 Å². The van der Waals surface area contributed by atoms with Crippen LogP contribution in [0.4, 0.5) is 0 Å². The molecular weight excluding hydrogens is 250 g/mol. The molecule has 1 aromatic heterocycles. The quantitative estimate of drug-likeness (QED) is 0.839. The summed E-state index contributed by atoms with van der Waals surface area (Å²) in [5.74, 6) is 3.91. The zero-order valence-electron chi connectivity index (χ0n) is 12.2. The Labute approximate surface area is 120 Å². The fraction of sp³-hybridized carbons (Fsp3) is 0.875. The molecule has 3 fully saturated rings. The Morgan fingerprint density at radius 1 is 1.05 bits per heavy atom. The second-order valence-corrected chi connectivity index (χ2v) is 7.31. The van der Waals surface area contributed by atoms with Crippen LogP contribution < -0.4 is 5.73 Å². The van der Waals surface area contributed by atoms with Gasteiger partial charge in [0.05, 0.1) is 5.54 Å². The third-order valence-electron chi connectivity index (χ3n) is 5.93. The van der Waals surface area contributed by atoms with Gasteiger partial charge in [-0.2, -0.15) is 4.98 Å². The minimum absolute atomic E-state index is 0.362. The number of nitrogens with two attached hydrogens (primary N) is 1. The molecule has 20 heavy (non-hydrogen) atoms. The van der Waals surface area contributed by atoms with E-state index in [9.17, 15) is 0 Å². The molecule has 0 amide bonds. The van der Waals surface area contributed by atoms with Crippen molar-refractivity contribution >= 4 is 0 Å². The predicted octanol–water partition coefficient (Wildman–Crippen LogP) is 3.48. The minimum Gasteiger partial charge on any atom is -0.337 e. The van der Waals surface area contributed by atoms with Gasteiger partial charge < -0.3 is 10.3 Å². The van der Waals surface area contributed by atoms with E-state index in [1.807, 2.05) is 0 Å². The van der Waals surface area contributed by atoms with Crippen molar-refractivity contribution in [3.8, 4) is 0 Å². The summed E-state index contributed by atoms with van der Waals surface area (Å²) in [5, 5.41) is 4.30. The van der Waals surface area contributed by atoms with Crippen molar-refractivity contribution in [1.82, 2.24) is 10.1 Å². The minimum atomic E-state index is -0.362. The topological polar surface area (TPSA) is 64.9 Å². The molecule has 3 aliphatic carbocycles. The monoisotopic (exact) mass is 275 g/mol. The molecule has 0 aliphatic heterocycles. The van der Waals surface area contributed by atoms with Gasteiger partial charge in [-0.25, -0.2) is 0 Å². The molecule has 0 aromatic carbocycles. The fourth-order valence-corrected chi connectivity index (χ4v) is 4.72. The Morgan fingerprint density at radius 2 is 1.85 bits per heavy atom. The summed E-state index contributed by atoms with van der Waals surface area (Å²) in [5.41, 5.74) is 6.21. The molecule has 4 heteroatoms. The molecule has 2 N–H and O–H groups in total. The lowest BCUT2D eigenvalue weighted by atomic mass is 9.88. The second kappa shape index (κ2) is 4.83. The number of fused-ring (bicyclic) bond motifs is 2. The average molecular weight is 275 g/mol. The Morgan fingerprint density at radius 3 is 2.50 bits per heavy atom. The average Bonchev–Trinajstić information content (AvgIpc) is 3.15. The molecule has 3 unspecified atom stereocenters. The van der Waals surface area contributed by atoms with Crippen molar-refractivity contribution < 1.29 is 4.52 Å². The van der Waals surface area contributed by atoms with Crippen LogP contribution in [0.15, 0.2) is 4.52 Å². The molecule has 1 aromatic rings. The van der Waals surface area contributed by atoms with Gasteiger partial charge in [0.2, 0.25) is 5.89 Å². The molecule has 1 heterocycles. The number of hydrogen-bond acceptors (Lipinski definition) is 4. The lowest BCUT2D eigenvalue weighted by Gasteiger charge is -2.23. The third kappa shape index (κ3) is 2.09. The van der Waals surface area contributed by atoms with E-state index in [2.05, 4.69) is 5.16 Å². The third-order valence-corrected chi connectivity index (χ3v) is 5.93. The summed E-state index contributed by atoms with van der Waals surface area (Å²) >= 11 is 0. The van der Waals surface area contributed by atoms with Gasteiger partial charge in [0.15, 0.2) is 5.82 Å². The molecule has 4 rings (SSSR count). The Hall–Kier alpha value is -0.900. The van der Waals surface area contributed by atoms with Gasteiger partial charge in [-0.05, 0) is 43.9 Å². The molecule has 3 saturated carbocycles. The van der Waals surface area contributed by atoms with Crippen molar-refractivity contribution in [1.29, 1.82) is 0 Å². The Kier molecular flexibility index (Phi) is 3.09. The van der Waals surface area contributed by atoms with Crippen LogP contribution in [-0.4, -0.2) is 10.1 Å². The molecule has 3 atom stereocenters. The lowest BCUT2D eigenvalue weighted by Crippen LogP contribution is -2.36. The summed E-state index contributed by atoms with van der Waals surface area (Å²) in [6.45, 7) is 0. The normalized spacial score (nSPS) is 36.1. The van der Waals surface area contributed by atoms with Crippen LogP contribution in [0.3, 0.4) is 0 Å². The van der Waals surface area contributed by atoms with Gasteiger partial charge in [-0.3, -0.25) is 0 Å². The highest BCUT2D eigenvalue weighted by Gasteiger charge is 2.43. The van der Waals surface area contributed by atoms with Crippen LogP contribution in [-0.2, 0) is 5.54 Å². The molecule has 0 saturated heterocycles. The second-order valence-electron chi connectivity index (χ2n) is 7.31. The zero-order chi connectivity index (χ0) is 13.6. The first-order valence-electron chi connectivity index (χ1n) is 8.37. The van der Waals surface area contributed by atoms with Crippen LogP contribution in [0.1, 0.15) is 81.8 Å². The van der Waals surface area contributed by atoms with Crippen LogP contribution >= 0.6 is 0 Å². The van der Waals surface area contributed by atoms with Gasteiger partial charge in [0.25, 0.3) is 0 Å². The van der Waals surface area contributed by atoms with Gasteiger partial charge in [-0.1, -0.05) is 37.3 Å². The predicted molar refractivity (Wildman–Crippen MR) is 76.1 cm³/mol. The summed E-state index contributed by atoms with van der Waals surface area (Å²) < 4.78 is 5.60. The van der Waals surface area contributed by atoms with E-state index in [1.165, 1.54) is 51.4 Å². The Bertz CT molecular complexity index is 476. The molecule has 0 radical (unpaired) electrons. The van der Waals surface area contributed by atoms with Crippen molar-refractivity contribution in [2.24, 2.45) is 17.6 Å². The molecule has 0 spiro atoms. The summed E-state index contributed by atoms with van der Waals surface area (Å²) in [7, 11) is 0. The van der Waals surface area contributed by atoms with Crippen molar-refractivity contribution in [2.75, 3.05) is 0 Å². The largest absolute Gasteiger partial charge is 0.337 e. The van der Waals surface area contributed by atoms with E-state index in [-0.39, 0.29) is 5.54 Å². The van der Waals surface area contributed by atoms with Crippen LogP contribution in [0.5, 0.6) is 0 Å². The zero-order valence-corrected chi connectivity index (χ0v) is 12.2. The highest BCUT2D eigenvalue weighted by Crippen LogP contribution is 2.52. The Balaban J connectivity index is 1.55. The molecule has 4 nitrogen and oxygen atoms in total. The van der Waals surface area contributed by atoms with E-state index >= 15 is 0 Å². The highest BCUT2D eigenvalue weighted by molar-refractivity contribution is 5.10. The maximum atomic E-state index is 6.57. The first-order chi connectivity index (χ1) is 9.74. The van der Waals surface area contributed by atoms with E-state index < -0.39 is 0 Å². The molecule has 3 aliphatic rings. The van der Waals surface area contributed by atoms with Crippen molar-refractivity contribution in [2.45, 2.75) is 75.7 Å². The summed E-state index contributed by atoms with van der Waals surface area (Å²) in [4.78, 5) is 4.75. The standard InChI is InChI=1S/C16H25N3O/c17-16(7-3-1-2-4-8-16)15-18-14(19-20-15)13-10-11-5-6-12(13)9-11/h11-13H,1-10,17H2. The highest BCUT2D eigenvalue weighted by atomic mass is 16.5. The van der Waals surface area contributed by atoms with E-state index in [1.54, 1.807) is 0 Å². The van der Waals surface area contributed by atoms with Crippen molar-refractivity contribution in [3.63, 3.8) is 0 Å². The number of nitrogens with zero attached hydrogens (tertiary/aromatic N) is 2. The number of hydrogen-bond donors (Lipinski definition) is 1. The SMILES string of the molecule is NC1(c2nc(C3CC4CCC3C4)no2)CCCCCC1. The maximum absolute atomic E-state index is 6.57. The van der Waals surface area contributed by atoms with Gasteiger partial charge in [0, 0.05) is 5.92 Å². The molecule has 110 valence electrons. The van der Waals surface area contributed by atoms with E-state index in [0.717, 1.165) is 30.5 Å². The van der Waals surface area contributed by atoms with Crippen LogP contribution in [0.2, 0.25) is 0 Å². The van der Waals surface area contributed by atoms with E-state index in [4.69, 9.17) is 15.2 Å². The van der Waals surface area contributed by atoms with Crippen LogP contribution in [0.25, 0.3) is 0 Å². The van der Waals surface area contributed by atoms with Crippen molar-refractivity contribution in [3.05, 3.63) is 11.7 Å². The smallest absolute Gasteiger partial charge is 0.246 e. The number of aromatic nitrogens is 2. The number of rotatable bonds is 2. The summed E-state index contributed by atoms with van der Waals surface area (Å²) in [6, 6.07) is 0. The van der Waals surface area contributed by atoms with E-state index in [0.29, 0.717) is 11.8 Å². The first-order valence-corrected chi connectivity index (χ1v) is 8.37. The fourth-order valence-electron chi connectivity index (χ4n) is 4.72. The first kappa shape index (κ1) is 12.8. The summed E-state index contributed by atoms with van der Waals surface area (Å²) in [6.07, 6.45) is 12.3. The molecule has 2 bridgehead atoms. The van der Waals surface area contributed by atoms with Gasteiger partial charge in [-0.15, -0.1) is 0 Å². The van der Waals surface area contributed by atoms with Crippen LogP contribution in [0, 0.1) is 11.8 Å².